The van der Waals surface area contributed by atoms with E-state index in [0.717, 1.165) is 63.4 Å². The van der Waals surface area contributed by atoms with E-state index >= 15 is 0 Å². The first-order valence-corrected chi connectivity index (χ1v) is 18.3. The number of rotatable bonds is 15. The van der Waals surface area contributed by atoms with Gasteiger partial charge in [0.2, 0.25) is 0 Å². The maximum absolute atomic E-state index is 12.8. The van der Waals surface area contributed by atoms with Crippen LogP contribution >= 0.6 is 0 Å². The third-order valence-electron chi connectivity index (χ3n) is 13.0. The zero-order valence-corrected chi connectivity index (χ0v) is 28.3. The lowest BCUT2D eigenvalue weighted by Crippen LogP contribution is -2.72. The van der Waals surface area contributed by atoms with E-state index in [-0.39, 0.29) is 37.4 Å². The standard InChI is InChI=1S/C38H58O9/c1-35-24-31(41)34-30(38(35,45)21-18-29(35)27-14-15-32(42)46-25-27)17-20-37(44)23-28(16-19-36(34,37)26-40)47-33(43)13-11-9-7-5-3-2-4-6-8-10-12-22-39/h2-3,14-15,25,28-31,34,39-41,44-45H,4-13,16-24,26H2,1H3/b3-2+/t28-,29+,30?,31?,34?,35+,36-,37-,38-/m0/s1. The predicted molar refractivity (Wildman–Crippen MR) is 177 cm³/mol. The van der Waals surface area contributed by atoms with E-state index in [9.17, 15) is 30.0 Å². The minimum atomic E-state index is -1.32. The van der Waals surface area contributed by atoms with E-state index in [2.05, 4.69) is 12.2 Å². The lowest BCUT2D eigenvalue weighted by atomic mass is 9.41. The summed E-state index contributed by atoms with van der Waals surface area (Å²) in [6.45, 7) is 2.00. The molecule has 5 N–H and O–H groups in total. The van der Waals surface area contributed by atoms with Crippen molar-refractivity contribution in [2.75, 3.05) is 13.2 Å². The number of hydrogen-bond donors (Lipinski definition) is 5. The maximum atomic E-state index is 12.8. The van der Waals surface area contributed by atoms with Crippen molar-refractivity contribution in [3.05, 3.63) is 46.5 Å². The summed E-state index contributed by atoms with van der Waals surface area (Å²) in [6, 6.07) is 3.16. The van der Waals surface area contributed by atoms with Gasteiger partial charge in [-0.25, -0.2) is 4.79 Å². The molecule has 9 nitrogen and oxygen atoms in total. The Morgan fingerprint density at radius 2 is 1.66 bits per heavy atom. The molecule has 1 aromatic rings. The monoisotopic (exact) mass is 658 g/mol. The van der Waals surface area contributed by atoms with Crippen molar-refractivity contribution in [1.82, 2.24) is 0 Å². The van der Waals surface area contributed by atoms with Gasteiger partial charge < -0.3 is 34.7 Å². The fraction of sp³-hybridized carbons (Fsp3) is 0.789. The van der Waals surface area contributed by atoms with Crippen LogP contribution in [0.4, 0.5) is 0 Å². The highest BCUT2D eigenvalue weighted by Gasteiger charge is 2.73. The van der Waals surface area contributed by atoms with E-state index < -0.39 is 45.8 Å². The van der Waals surface area contributed by atoms with E-state index in [0.29, 0.717) is 51.4 Å². The average Bonchev–Trinajstić information content (AvgIpc) is 3.31. The van der Waals surface area contributed by atoms with Crippen LogP contribution in [-0.4, -0.2) is 68.1 Å². The Bertz CT molecular complexity index is 1260. The summed E-state index contributed by atoms with van der Waals surface area (Å²) in [7, 11) is 0. The van der Waals surface area contributed by atoms with E-state index in [1.165, 1.54) is 12.3 Å². The van der Waals surface area contributed by atoms with Crippen molar-refractivity contribution in [3.63, 3.8) is 0 Å². The van der Waals surface area contributed by atoms with E-state index in [1.807, 2.05) is 6.92 Å². The number of unbranched alkanes of at least 4 members (excludes halogenated alkanes) is 7. The smallest absolute Gasteiger partial charge is 0.335 e. The van der Waals surface area contributed by atoms with Gasteiger partial charge in [-0.2, -0.15) is 0 Å². The molecule has 0 aromatic carbocycles. The molecule has 0 bridgehead atoms. The number of aliphatic hydroxyl groups is 5. The number of carbonyl (C=O) groups is 1. The van der Waals surface area contributed by atoms with Crippen molar-refractivity contribution < 1.29 is 39.5 Å². The molecule has 3 unspecified atom stereocenters. The molecule has 4 fully saturated rings. The van der Waals surface area contributed by atoms with Gasteiger partial charge in [-0.1, -0.05) is 38.3 Å². The van der Waals surface area contributed by atoms with Gasteiger partial charge in [-0.15, -0.1) is 0 Å². The number of fused-ring (bicyclic) bond motifs is 5. The minimum Gasteiger partial charge on any atom is -0.462 e. The number of esters is 1. The number of carbonyl (C=O) groups excluding carboxylic acids is 1. The minimum absolute atomic E-state index is 0.0943. The highest BCUT2D eigenvalue weighted by molar-refractivity contribution is 5.69. The van der Waals surface area contributed by atoms with Crippen molar-refractivity contribution in [3.8, 4) is 0 Å². The molecule has 0 amide bonds. The maximum Gasteiger partial charge on any atom is 0.335 e. The van der Waals surface area contributed by atoms with Gasteiger partial charge in [0.05, 0.1) is 30.2 Å². The molecule has 4 aliphatic rings. The zero-order chi connectivity index (χ0) is 33.7. The second-order valence-corrected chi connectivity index (χ2v) is 15.5. The summed E-state index contributed by atoms with van der Waals surface area (Å²) in [5.74, 6) is -1.15. The van der Waals surface area contributed by atoms with Crippen LogP contribution in [0.15, 0.2) is 39.8 Å². The van der Waals surface area contributed by atoms with Crippen LogP contribution in [0.5, 0.6) is 0 Å². The van der Waals surface area contributed by atoms with Gasteiger partial charge in [0.25, 0.3) is 0 Å². The third-order valence-corrected chi connectivity index (χ3v) is 13.0. The quantitative estimate of drug-likeness (QED) is 0.0958. The molecular formula is C38H58O9. The summed E-state index contributed by atoms with van der Waals surface area (Å²) in [5, 5.41) is 56.3. The lowest BCUT2D eigenvalue weighted by Gasteiger charge is -2.67. The second-order valence-electron chi connectivity index (χ2n) is 15.5. The molecular weight excluding hydrogens is 600 g/mol. The van der Waals surface area contributed by atoms with Crippen LogP contribution in [0.2, 0.25) is 0 Å². The summed E-state index contributed by atoms with van der Waals surface area (Å²) < 4.78 is 11.0. The molecule has 0 aliphatic heterocycles. The zero-order valence-electron chi connectivity index (χ0n) is 28.3. The average molecular weight is 659 g/mol. The van der Waals surface area contributed by atoms with Crippen molar-refractivity contribution >= 4 is 5.97 Å². The summed E-state index contributed by atoms with van der Waals surface area (Å²) in [6.07, 6.45) is 17.6. The molecule has 9 atom stereocenters. The summed E-state index contributed by atoms with van der Waals surface area (Å²) >= 11 is 0. The molecule has 264 valence electrons. The van der Waals surface area contributed by atoms with Crippen molar-refractivity contribution in [1.29, 1.82) is 0 Å². The van der Waals surface area contributed by atoms with Gasteiger partial charge in [-0.3, -0.25) is 4.79 Å². The first-order valence-electron chi connectivity index (χ1n) is 18.3. The Kier molecular flexibility index (Phi) is 11.8. The third kappa shape index (κ3) is 7.03. The Hall–Kier alpha value is -2.04. The summed E-state index contributed by atoms with van der Waals surface area (Å²) in [5.41, 5.74) is -3.67. The van der Waals surface area contributed by atoms with E-state index in [4.69, 9.17) is 14.3 Å². The van der Waals surface area contributed by atoms with E-state index in [1.54, 1.807) is 6.07 Å². The van der Waals surface area contributed by atoms with Crippen molar-refractivity contribution in [2.45, 2.75) is 152 Å². The molecule has 47 heavy (non-hydrogen) atoms. The number of aliphatic hydroxyl groups excluding tert-OH is 3. The molecule has 0 radical (unpaired) electrons. The largest absolute Gasteiger partial charge is 0.462 e. The molecule has 1 heterocycles. The second kappa shape index (κ2) is 15.2. The van der Waals surface area contributed by atoms with Gasteiger partial charge >= 0.3 is 11.6 Å². The first-order chi connectivity index (χ1) is 22.5. The van der Waals surface area contributed by atoms with Crippen LogP contribution in [-0.2, 0) is 9.53 Å². The van der Waals surface area contributed by atoms with Crippen LogP contribution < -0.4 is 5.63 Å². The molecule has 4 saturated carbocycles. The molecule has 5 rings (SSSR count). The number of allylic oxidation sites excluding steroid dienone is 2. The van der Waals surface area contributed by atoms with Crippen LogP contribution in [0, 0.1) is 22.7 Å². The van der Waals surface area contributed by atoms with Crippen LogP contribution in [0.25, 0.3) is 0 Å². The number of hydrogen-bond acceptors (Lipinski definition) is 9. The fourth-order valence-corrected chi connectivity index (χ4v) is 10.5. The first kappa shape index (κ1) is 36.2. The van der Waals surface area contributed by atoms with Gasteiger partial charge in [-0.05, 0) is 107 Å². The molecule has 4 aliphatic carbocycles. The van der Waals surface area contributed by atoms with Gasteiger partial charge in [0.15, 0.2) is 0 Å². The normalized spacial score (nSPS) is 38.1. The van der Waals surface area contributed by atoms with Crippen molar-refractivity contribution in [2.24, 2.45) is 22.7 Å². The fourth-order valence-electron chi connectivity index (χ4n) is 10.5. The SMILES string of the molecule is C[C@]12CC(O)C3C(CC[C@]4(O)C[C@@H](OC(=O)CCCCC/C=C/CCCCCCO)CC[C@]34CO)[C@@]1(O)CC[C@@H]2c1ccc(=O)oc1. The highest BCUT2D eigenvalue weighted by Crippen LogP contribution is 2.71. The molecule has 0 saturated heterocycles. The Morgan fingerprint density at radius 3 is 2.34 bits per heavy atom. The molecule has 9 heteroatoms. The van der Waals surface area contributed by atoms with Crippen LogP contribution in [0.3, 0.4) is 0 Å². The predicted octanol–water partition coefficient (Wildman–Crippen LogP) is 5.30. The molecule has 0 spiro atoms. The highest BCUT2D eigenvalue weighted by atomic mass is 16.5. The Morgan fingerprint density at radius 1 is 0.936 bits per heavy atom. The number of ether oxygens (including phenoxy) is 1. The van der Waals surface area contributed by atoms with Gasteiger partial charge in [0.1, 0.15) is 6.10 Å². The Labute approximate surface area is 279 Å². The summed E-state index contributed by atoms with van der Waals surface area (Å²) in [4.78, 5) is 24.4. The lowest BCUT2D eigenvalue weighted by molar-refractivity contribution is -0.292. The van der Waals surface area contributed by atoms with Crippen LogP contribution in [0.1, 0.15) is 134 Å². The van der Waals surface area contributed by atoms with Gasteiger partial charge in [0, 0.05) is 42.3 Å². The topological polar surface area (TPSA) is 158 Å². The Balaban J connectivity index is 1.14. The molecule has 1 aromatic heterocycles.